The molecule has 0 saturated heterocycles. The van der Waals surface area contributed by atoms with E-state index >= 15 is 0 Å². The largest absolute Gasteiger partial charge is 0.389 e. The van der Waals surface area contributed by atoms with Gasteiger partial charge in [-0.1, -0.05) is 46.3 Å². The van der Waals surface area contributed by atoms with Crippen molar-refractivity contribution in [1.29, 1.82) is 0 Å². The number of aliphatic hydroxyl groups excluding tert-OH is 1. The maximum atomic E-state index is 9.93. The van der Waals surface area contributed by atoms with E-state index in [0.717, 1.165) is 19.3 Å². The summed E-state index contributed by atoms with van der Waals surface area (Å²) in [6.45, 7) is 11.0. The molecule has 0 fully saturated rings. The molecular formula is C16H25NOS. The van der Waals surface area contributed by atoms with Crippen LogP contribution in [-0.4, -0.2) is 16.2 Å². The number of nitrogens with zero attached hydrogens (tertiary/aromatic N) is 1. The molecule has 0 aliphatic heterocycles. The molecule has 2 nitrogen and oxygen atoms in total. The molecule has 1 unspecified atom stereocenters. The lowest BCUT2D eigenvalue weighted by atomic mass is 9.75. The lowest BCUT2D eigenvalue weighted by molar-refractivity contribution is 0.138. The third-order valence-corrected chi connectivity index (χ3v) is 4.44. The van der Waals surface area contributed by atoms with Crippen LogP contribution in [0.2, 0.25) is 0 Å². The minimum Gasteiger partial charge on any atom is -0.389 e. The fourth-order valence-corrected chi connectivity index (χ4v) is 3.77. The lowest BCUT2D eigenvalue weighted by Crippen LogP contribution is -2.25. The van der Waals surface area contributed by atoms with Crippen molar-refractivity contribution in [1.82, 2.24) is 4.98 Å². The highest BCUT2D eigenvalue weighted by molar-refractivity contribution is 7.09. The predicted molar refractivity (Wildman–Crippen MR) is 81.6 cm³/mol. The summed E-state index contributed by atoms with van der Waals surface area (Å²) in [5.41, 5.74) is 2.82. The van der Waals surface area contributed by atoms with Gasteiger partial charge in [0.25, 0.3) is 0 Å². The van der Waals surface area contributed by atoms with Crippen molar-refractivity contribution < 1.29 is 5.11 Å². The molecule has 0 amide bonds. The zero-order chi connectivity index (χ0) is 14.3. The van der Waals surface area contributed by atoms with Crippen molar-refractivity contribution in [2.45, 2.75) is 65.4 Å². The molecular weight excluding hydrogens is 254 g/mol. The van der Waals surface area contributed by atoms with Gasteiger partial charge >= 0.3 is 0 Å². The van der Waals surface area contributed by atoms with Gasteiger partial charge in [-0.05, 0) is 18.3 Å². The van der Waals surface area contributed by atoms with Crippen LogP contribution in [0.15, 0.2) is 17.0 Å². The van der Waals surface area contributed by atoms with E-state index in [1.165, 1.54) is 16.3 Å². The van der Waals surface area contributed by atoms with Crippen LogP contribution in [0.4, 0.5) is 0 Å². The molecule has 19 heavy (non-hydrogen) atoms. The van der Waals surface area contributed by atoms with E-state index in [2.05, 4.69) is 40.0 Å². The van der Waals surface area contributed by atoms with Crippen LogP contribution in [0.3, 0.4) is 0 Å². The Balaban J connectivity index is 2.11. The van der Waals surface area contributed by atoms with E-state index in [9.17, 15) is 5.11 Å². The van der Waals surface area contributed by atoms with Gasteiger partial charge in [-0.25, -0.2) is 4.98 Å². The first-order chi connectivity index (χ1) is 8.66. The van der Waals surface area contributed by atoms with Crippen LogP contribution in [-0.2, 0) is 11.8 Å². The second-order valence-corrected chi connectivity index (χ2v) is 8.43. The Hall–Kier alpha value is -0.670. The van der Waals surface area contributed by atoms with Crippen LogP contribution < -0.4 is 0 Å². The van der Waals surface area contributed by atoms with Gasteiger partial charge in [0.1, 0.15) is 0 Å². The zero-order valence-electron chi connectivity index (χ0n) is 12.7. The van der Waals surface area contributed by atoms with E-state index in [-0.39, 0.29) is 16.9 Å². The molecule has 3 heteroatoms. The fourth-order valence-electron chi connectivity index (χ4n) is 2.70. The van der Waals surface area contributed by atoms with Crippen molar-refractivity contribution in [3.8, 4) is 0 Å². The van der Waals surface area contributed by atoms with Gasteiger partial charge in [0.2, 0.25) is 0 Å². The molecule has 0 bridgehead atoms. The number of hydrogen-bond acceptors (Lipinski definition) is 3. The van der Waals surface area contributed by atoms with Gasteiger partial charge in [0, 0.05) is 17.2 Å². The third kappa shape index (κ3) is 3.90. The summed E-state index contributed by atoms with van der Waals surface area (Å²) < 4.78 is 0. The third-order valence-electron chi connectivity index (χ3n) is 3.59. The average Bonchev–Trinajstić information content (AvgIpc) is 2.61. The lowest BCUT2D eigenvalue weighted by Gasteiger charge is -2.32. The minimum absolute atomic E-state index is 0.120. The van der Waals surface area contributed by atoms with E-state index in [1.807, 2.05) is 6.08 Å². The van der Waals surface area contributed by atoms with E-state index < -0.39 is 0 Å². The summed E-state index contributed by atoms with van der Waals surface area (Å²) in [6.07, 6.45) is 4.56. The first kappa shape index (κ1) is 14.7. The molecule has 1 aromatic rings. The molecule has 1 aliphatic rings. The van der Waals surface area contributed by atoms with Crippen molar-refractivity contribution >= 4 is 11.3 Å². The molecule has 1 aromatic heterocycles. The highest BCUT2D eigenvalue weighted by Crippen LogP contribution is 2.37. The number of aromatic nitrogens is 1. The highest BCUT2D eigenvalue weighted by atomic mass is 32.1. The summed E-state index contributed by atoms with van der Waals surface area (Å²) in [5, 5.41) is 13.3. The van der Waals surface area contributed by atoms with Crippen LogP contribution >= 0.6 is 11.3 Å². The van der Waals surface area contributed by atoms with Crippen LogP contribution in [0.1, 0.15) is 58.2 Å². The highest BCUT2D eigenvalue weighted by Gasteiger charge is 2.28. The standard InChI is InChI=1S/C16H25NOS/c1-15(2,3)13-10-19-14(17-13)7-11-6-12(18)9-16(4,5)8-11/h6,10,12,18H,7-9H2,1-5H3. The SMILES string of the molecule is CC1(C)CC(Cc2nc(C(C)(C)C)cs2)=CC(O)C1. The van der Waals surface area contributed by atoms with Crippen molar-refractivity contribution in [2.24, 2.45) is 5.41 Å². The van der Waals surface area contributed by atoms with Crippen LogP contribution in [0.25, 0.3) is 0 Å². The quantitative estimate of drug-likeness (QED) is 0.827. The van der Waals surface area contributed by atoms with Crippen molar-refractivity contribution in [2.75, 3.05) is 0 Å². The van der Waals surface area contributed by atoms with Gasteiger partial charge in [-0.3, -0.25) is 0 Å². The summed E-state index contributed by atoms with van der Waals surface area (Å²) in [4.78, 5) is 4.74. The second kappa shape index (κ2) is 5.02. The smallest absolute Gasteiger partial charge is 0.0969 e. The Morgan fingerprint density at radius 3 is 2.63 bits per heavy atom. The first-order valence-electron chi connectivity index (χ1n) is 6.98. The first-order valence-corrected chi connectivity index (χ1v) is 7.86. The van der Waals surface area contributed by atoms with Gasteiger partial charge in [0.15, 0.2) is 0 Å². The Morgan fingerprint density at radius 1 is 1.42 bits per heavy atom. The van der Waals surface area contributed by atoms with Crippen molar-refractivity contribution in [3.63, 3.8) is 0 Å². The summed E-state index contributed by atoms with van der Waals surface area (Å²) in [6, 6.07) is 0. The molecule has 0 aromatic carbocycles. The molecule has 1 N–H and O–H groups in total. The monoisotopic (exact) mass is 279 g/mol. The Kier molecular flexibility index (Phi) is 3.90. The Labute approximate surface area is 120 Å². The number of hydrogen-bond donors (Lipinski definition) is 1. The number of thiazole rings is 1. The molecule has 0 saturated carbocycles. The molecule has 1 heterocycles. The normalized spacial score (nSPS) is 23.3. The molecule has 0 spiro atoms. The summed E-state index contributed by atoms with van der Waals surface area (Å²) in [7, 11) is 0. The number of aliphatic hydroxyl groups is 1. The van der Waals surface area contributed by atoms with E-state index in [4.69, 9.17) is 4.98 Å². The van der Waals surface area contributed by atoms with E-state index in [0.29, 0.717) is 0 Å². The molecule has 1 aliphatic carbocycles. The summed E-state index contributed by atoms with van der Waals surface area (Å²) >= 11 is 1.74. The summed E-state index contributed by atoms with van der Waals surface area (Å²) in [5.74, 6) is 0. The van der Waals surface area contributed by atoms with Gasteiger partial charge in [-0.2, -0.15) is 0 Å². The predicted octanol–water partition coefficient (Wildman–Crippen LogP) is 4.09. The number of rotatable bonds is 2. The zero-order valence-corrected chi connectivity index (χ0v) is 13.5. The molecule has 106 valence electrons. The molecule has 0 radical (unpaired) electrons. The second-order valence-electron chi connectivity index (χ2n) is 7.49. The minimum atomic E-state index is -0.291. The molecule has 2 rings (SSSR count). The maximum absolute atomic E-state index is 9.93. The fraction of sp³-hybridized carbons (Fsp3) is 0.688. The number of allylic oxidation sites excluding steroid dienone is 1. The molecule has 1 atom stereocenters. The van der Waals surface area contributed by atoms with E-state index in [1.54, 1.807) is 11.3 Å². The van der Waals surface area contributed by atoms with Gasteiger partial charge in [0.05, 0.1) is 16.8 Å². The Morgan fingerprint density at radius 2 is 2.11 bits per heavy atom. The average molecular weight is 279 g/mol. The van der Waals surface area contributed by atoms with Gasteiger partial charge in [-0.15, -0.1) is 11.3 Å². The topological polar surface area (TPSA) is 33.1 Å². The van der Waals surface area contributed by atoms with Crippen LogP contribution in [0.5, 0.6) is 0 Å². The maximum Gasteiger partial charge on any atom is 0.0969 e. The van der Waals surface area contributed by atoms with Gasteiger partial charge < -0.3 is 5.11 Å². The Bertz CT molecular complexity index is 479. The van der Waals surface area contributed by atoms with Crippen molar-refractivity contribution in [3.05, 3.63) is 27.7 Å². The van der Waals surface area contributed by atoms with Crippen LogP contribution in [0, 0.1) is 5.41 Å².